The number of carbonyl (C=O) groups excluding carboxylic acids is 2. The molecule has 1 unspecified atom stereocenters. The summed E-state index contributed by atoms with van der Waals surface area (Å²) in [7, 11) is 0. The zero-order valence-corrected chi connectivity index (χ0v) is 19.5. The molecule has 9 heteroatoms. The molecule has 0 saturated heterocycles. The number of tetrazole rings is 1. The van der Waals surface area contributed by atoms with Crippen molar-refractivity contribution in [2.75, 3.05) is 11.9 Å². The Labute approximate surface area is 207 Å². The number of Topliss-reactive ketones (excluding diaryl/α,β-unsaturated/α-hetero) is 1. The van der Waals surface area contributed by atoms with Crippen LogP contribution < -0.4 is 14.8 Å². The lowest BCUT2D eigenvalue weighted by molar-refractivity contribution is -0.126. The predicted molar refractivity (Wildman–Crippen MR) is 132 cm³/mol. The number of ether oxygens (including phenoxy) is 2. The van der Waals surface area contributed by atoms with E-state index < -0.39 is 6.10 Å². The zero-order chi connectivity index (χ0) is 24.7. The lowest BCUT2D eigenvalue weighted by atomic mass is 9.99. The van der Waals surface area contributed by atoms with Crippen molar-refractivity contribution in [3.63, 3.8) is 0 Å². The van der Waals surface area contributed by atoms with Gasteiger partial charge in [-0.3, -0.25) is 9.59 Å². The van der Waals surface area contributed by atoms with E-state index in [4.69, 9.17) is 9.47 Å². The molecule has 1 atom stereocenters. The Bertz CT molecular complexity index is 1320. The van der Waals surface area contributed by atoms with E-state index in [1.165, 1.54) is 5.56 Å². The lowest BCUT2D eigenvalue weighted by Crippen LogP contribution is -2.28. The summed E-state index contributed by atoms with van der Waals surface area (Å²) >= 11 is 0. The van der Waals surface area contributed by atoms with Gasteiger partial charge in [0.2, 0.25) is 11.9 Å². The van der Waals surface area contributed by atoms with Gasteiger partial charge in [-0.15, -0.1) is 10.2 Å². The first-order valence-corrected chi connectivity index (χ1v) is 11.8. The third-order valence-corrected chi connectivity index (χ3v) is 5.92. The molecule has 0 saturated carbocycles. The topological polar surface area (TPSA) is 119 Å². The summed E-state index contributed by atoms with van der Waals surface area (Å²) in [5.74, 6) is 0.823. The number of aryl methyl sites for hydroxylation is 1. The quantitative estimate of drug-likeness (QED) is 0.344. The standard InChI is InChI=1S/C27H25N5O4/c33-23-17-20-10-6-11-22(24(20)36-25(23)26-29-31-32-30-26)28-27(34)19-12-14-21(15-13-19)35-16-5-4-9-18-7-2-1-3-8-18/h1-3,6-8,10-15,25H,4-5,9,16-17H2,(H,28,34)(H,29,30,31,32). The zero-order valence-electron chi connectivity index (χ0n) is 19.5. The van der Waals surface area contributed by atoms with E-state index in [2.05, 4.69) is 50.2 Å². The highest BCUT2D eigenvalue weighted by atomic mass is 16.5. The molecule has 4 aromatic rings. The molecule has 2 N–H and O–H groups in total. The number of aromatic amines is 1. The van der Waals surface area contributed by atoms with Gasteiger partial charge in [0.05, 0.1) is 12.3 Å². The average molecular weight is 484 g/mol. The van der Waals surface area contributed by atoms with Crippen LogP contribution in [0.25, 0.3) is 0 Å². The molecule has 0 fully saturated rings. The Kier molecular flexibility index (Phi) is 6.98. The summed E-state index contributed by atoms with van der Waals surface area (Å²) in [6, 6.07) is 22.7. The van der Waals surface area contributed by atoms with Crippen LogP contribution in [0.5, 0.6) is 11.5 Å². The molecule has 1 aliphatic rings. The van der Waals surface area contributed by atoms with E-state index >= 15 is 0 Å². The summed E-state index contributed by atoms with van der Waals surface area (Å²) in [5.41, 5.74) is 2.96. The molecule has 0 radical (unpaired) electrons. The first-order chi connectivity index (χ1) is 17.7. The number of fused-ring (bicyclic) bond motifs is 1. The van der Waals surface area contributed by atoms with Gasteiger partial charge in [0.1, 0.15) is 11.5 Å². The van der Waals surface area contributed by atoms with Crippen LogP contribution in [0, 0.1) is 0 Å². The minimum atomic E-state index is -0.974. The van der Waals surface area contributed by atoms with E-state index in [1.807, 2.05) is 6.07 Å². The summed E-state index contributed by atoms with van der Waals surface area (Å²) in [5, 5.41) is 16.4. The number of nitrogens with one attached hydrogen (secondary N) is 2. The van der Waals surface area contributed by atoms with Crippen LogP contribution in [0.15, 0.2) is 72.8 Å². The Hall–Kier alpha value is -4.53. The lowest BCUT2D eigenvalue weighted by Gasteiger charge is -2.25. The maximum absolute atomic E-state index is 12.9. The smallest absolute Gasteiger partial charge is 0.255 e. The minimum absolute atomic E-state index is 0.148. The number of hydrogen-bond acceptors (Lipinski definition) is 7. The molecule has 0 bridgehead atoms. The van der Waals surface area contributed by atoms with Gasteiger partial charge < -0.3 is 14.8 Å². The molecule has 9 nitrogen and oxygen atoms in total. The van der Waals surface area contributed by atoms with Crippen molar-refractivity contribution in [2.24, 2.45) is 0 Å². The first-order valence-electron chi connectivity index (χ1n) is 11.8. The fourth-order valence-corrected chi connectivity index (χ4v) is 4.07. The van der Waals surface area contributed by atoms with Crippen LogP contribution in [0.1, 0.15) is 46.3 Å². The highest BCUT2D eigenvalue weighted by Gasteiger charge is 2.34. The third kappa shape index (κ3) is 5.41. The number of amides is 1. The largest absolute Gasteiger partial charge is 0.494 e. The number of unbranched alkanes of at least 4 members (excludes halogenated alkanes) is 1. The summed E-state index contributed by atoms with van der Waals surface area (Å²) in [6.45, 7) is 0.617. The molecule has 1 aromatic heterocycles. The fraction of sp³-hybridized carbons (Fsp3) is 0.222. The molecule has 3 aromatic carbocycles. The van der Waals surface area contributed by atoms with Crippen molar-refractivity contribution in [1.82, 2.24) is 20.6 Å². The SMILES string of the molecule is O=C(Nc1cccc2c1OC(c1nn[nH]n1)C(=O)C2)c1ccc(OCCCCc2ccccc2)cc1. The van der Waals surface area contributed by atoms with Gasteiger partial charge in [0, 0.05) is 17.5 Å². The molecule has 5 rings (SSSR count). The van der Waals surface area contributed by atoms with E-state index in [0.717, 1.165) is 19.3 Å². The van der Waals surface area contributed by atoms with Crippen LogP contribution >= 0.6 is 0 Å². The Morgan fingerprint density at radius 2 is 1.86 bits per heavy atom. The summed E-state index contributed by atoms with van der Waals surface area (Å²) in [4.78, 5) is 25.4. The molecule has 182 valence electrons. The number of anilines is 1. The highest BCUT2D eigenvalue weighted by molar-refractivity contribution is 6.05. The number of benzene rings is 3. The molecule has 1 aliphatic heterocycles. The second-order valence-corrected chi connectivity index (χ2v) is 8.47. The Morgan fingerprint density at radius 3 is 2.64 bits per heavy atom. The van der Waals surface area contributed by atoms with Crippen LogP contribution in [-0.2, 0) is 17.6 Å². The maximum atomic E-state index is 12.9. The van der Waals surface area contributed by atoms with Crippen LogP contribution in [0.4, 0.5) is 5.69 Å². The normalized spacial score (nSPS) is 14.6. The predicted octanol–water partition coefficient (Wildman–Crippen LogP) is 4.10. The second-order valence-electron chi connectivity index (χ2n) is 8.47. The Morgan fingerprint density at radius 1 is 1.03 bits per heavy atom. The van der Waals surface area contributed by atoms with Crippen LogP contribution in [0.3, 0.4) is 0 Å². The maximum Gasteiger partial charge on any atom is 0.255 e. The summed E-state index contributed by atoms with van der Waals surface area (Å²) < 4.78 is 11.7. The van der Waals surface area contributed by atoms with Crippen molar-refractivity contribution < 1.29 is 19.1 Å². The van der Waals surface area contributed by atoms with Gasteiger partial charge in [0.15, 0.2) is 5.78 Å². The van der Waals surface area contributed by atoms with Gasteiger partial charge in [-0.05, 0) is 55.2 Å². The van der Waals surface area contributed by atoms with Crippen molar-refractivity contribution >= 4 is 17.4 Å². The van der Waals surface area contributed by atoms with E-state index in [9.17, 15) is 9.59 Å². The number of carbonyl (C=O) groups is 2. The van der Waals surface area contributed by atoms with Gasteiger partial charge >= 0.3 is 0 Å². The average Bonchev–Trinajstić information content (AvgIpc) is 3.44. The first kappa shape index (κ1) is 23.2. The molecular formula is C27H25N5O4. The number of rotatable bonds is 9. The Balaban J connectivity index is 1.17. The van der Waals surface area contributed by atoms with Crippen molar-refractivity contribution in [3.05, 3.63) is 95.3 Å². The van der Waals surface area contributed by atoms with Gasteiger partial charge in [-0.25, -0.2) is 0 Å². The van der Waals surface area contributed by atoms with Crippen LogP contribution in [0.2, 0.25) is 0 Å². The number of para-hydroxylation sites is 1. The molecular weight excluding hydrogens is 458 g/mol. The van der Waals surface area contributed by atoms with E-state index in [1.54, 1.807) is 42.5 Å². The number of ketones is 1. The molecule has 0 spiro atoms. The number of aromatic nitrogens is 4. The van der Waals surface area contributed by atoms with Crippen molar-refractivity contribution in [3.8, 4) is 11.5 Å². The molecule has 2 heterocycles. The van der Waals surface area contributed by atoms with Crippen molar-refractivity contribution in [1.29, 1.82) is 0 Å². The van der Waals surface area contributed by atoms with Crippen LogP contribution in [-0.4, -0.2) is 38.9 Å². The number of H-pyrrole nitrogens is 1. The van der Waals surface area contributed by atoms with E-state index in [0.29, 0.717) is 34.9 Å². The van der Waals surface area contributed by atoms with Gasteiger partial charge in [-0.1, -0.05) is 47.7 Å². The number of hydrogen-bond donors (Lipinski definition) is 2. The fourth-order valence-electron chi connectivity index (χ4n) is 4.07. The van der Waals surface area contributed by atoms with E-state index in [-0.39, 0.29) is 23.9 Å². The van der Waals surface area contributed by atoms with Gasteiger partial charge in [-0.2, -0.15) is 5.21 Å². The van der Waals surface area contributed by atoms with Gasteiger partial charge in [0.25, 0.3) is 5.91 Å². The second kappa shape index (κ2) is 10.8. The minimum Gasteiger partial charge on any atom is -0.494 e. The summed E-state index contributed by atoms with van der Waals surface area (Å²) in [6.07, 6.45) is 2.20. The third-order valence-electron chi connectivity index (χ3n) is 5.92. The number of nitrogens with zero attached hydrogens (tertiary/aromatic N) is 3. The molecule has 36 heavy (non-hydrogen) atoms. The molecule has 0 aliphatic carbocycles. The monoisotopic (exact) mass is 483 g/mol. The molecule has 1 amide bonds. The highest BCUT2D eigenvalue weighted by Crippen LogP contribution is 2.37. The van der Waals surface area contributed by atoms with Crippen molar-refractivity contribution in [2.45, 2.75) is 31.8 Å².